The average molecular weight is 926 g/mol. The van der Waals surface area contributed by atoms with Crippen molar-refractivity contribution in [1.29, 1.82) is 0 Å². The van der Waals surface area contributed by atoms with Crippen LogP contribution in [0.5, 0.6) is 0 Å². The topological polar surface area (TPSA) is 34.2 Å². The van der Waals surface area contributed by atoms with Gasteiger partial charge in [0, 0.05) is 60.7 Å². The molecule has 70 heavy (non-hydrogen) atoms. The number of aromatic nitrogens is 2. The van der Waals surface area contributed by atoms with Gasteiger partial charge in [-0.1, -0.05) is 161 Å². The smallest absolute Gasteiger partial charge is 0.333 e. The quantitative estimate of drug-likeness (QED) is 0.162. The van der Waals surface area contributed by atoms with Crippen molar-refractivity contribution in [1.82, 2.24) is 9.55 Å². The van der Waals surface area contributed by atoms with Crippen LogP contribution < -0.4 is 15.7 Å². The molecule has 0 fully saturated rings. The van der Waals surface area contributed by atoms with Crippen molar-refractivity contribution in [2.45, 2.75) is 97.8 Å². The molecule has 0 bridgehead atoms. The second-order valence-corrected chi connectivity index (χ2v) is 25.0. The fourth-order valence-corrected chi connectivity index (χ4v) is 13.5. The standard InChI is InChI=1S/C64H56BN3OS/c1-61(2,3)36-21-25-39(26-22-36)68-50-32-42-41-29-37(62(4,5)6)23-27-45(41)64(10,11)46(42)31-44(50)56-57-58-54(55-40-19-15-16-20-52(40)69-59(55)56)43-30-38(63(7,8)9)24-28-49(43)67(58)51-34-53-48(33-47(51)65(57)68)66-60(70-53)35-17-13-12-14-18-35/h12-34H,1-11H3. The van der Waals surface area contributed by atoms with E-state index in [-0.39, 0.29) is 28.5 Å². The van der Waals surface area contributed by atoms with Gasteiger partial charge in [-0.25, -0.2) is 4.98 Å². The van der Waals surface area contributed by atoms with Crippen molar-refractivity contribution < 1.29 is 4.42 Å². The minimum atomic E-state index is -0.224. The van der Waals surface area contributed by atoms with Gasteiger partial charge in [-0.05, 0) is 121 Å². The Morgan fingerprint density at radius 3 is 2.00 bits per heavy atom. The Balaban J connectivity index is 1.19. The second-order valence-electron chi connectivity index (χ2n) is 24.0. The molecule has 6 heteroatoms. The van der Waals surface area contributed by atoms with E-state index >= 15 is 0 Å². The van der Waals surface area contributed by atoms with Gasteiger partial charge in [-0.15, -0.1) is 11.3 Å². The van der Waals surface area contributed by atoms with Crippen LogP contribution >= 0.6 is 11.3 Å². The van der Waals surface area contributed by atoms with Crippen LogP contribution in [-0.4, -0.2) is 16.4 Å². The first-order valence-corrected chi connectivity index (χ1v) is 25.9. The van der Waals surface area contributed by atoms with Crippen LogP contribution in [0.4, 0.5) is 11.4 Å². The Morgan fingerprint density at radius 1 is 0.586 bits per heavy atom. The molecular formula is C64H56BN3OS. The van der Waals surface area contributed by atoms with E-state index in [1.165, 1.54) is 104 Å². The normalized spacial score (nSPS) is 14.8. The van der Waals surface area contributed by atoms with Gasteiger partial charge in [0.25, 0.3) is 0 Å². The van der Waals surface area contributed by atoms with E-state index in [4.69, 9.17) is 9.40 Å². The lowest BCUT2D eigenvalue weighted by atomic mass is 9.43. The molecule has 2 aliphatic heterocycles. The van der Waals surface area contributed by atoms with E-state index < -0.39 is 0 Å². The molecule has 0 atom stereocenters. The highest BCUT2D eigenvalue weighted by Gasteiger charge is 2.48. The predicted molar refractivity (Wildman–Crippen MR) is 299 cm³/mol. The molecule has 0 saturated heterocycles. The molecule has 1 aliphatic carbocycles. The van der Waals surface area contributed by atoms with Crippen molar-refractivity contribution >= 4 is 94.4 Å². The van der Waals surface area contributed by atoms with Crippen LogP contribution in [0.1, 0.15) is 104 Å². The Hall–Kier alpha value is -6.89. The number of hydrogen-bond acceptors (Lipinski definition) is 4. The lowest BCUT2D eigenvalue weighted by Crippen LogP contribution is -2.60. The lowest BCUT2D eigenvalue weighted by molar-refractivity contribution is 0.589. The minimum absolute atomic E-state index is 0.00183. The van der Waals surface area contributed by atoms with Crippen LogP contribution in [0.2, 0.25) is 0 Å². The summed E-state index contributed by atoms with van der Waals surface area (Å²) in [6.45, 7) is 25.5. The van der Waals surface area contributed by atoms with Gasteiger partial charge >= 0.3 is 6.85 Å². The summed E-state index contributed by atoms with van der Waals surface area (Å²) in [4.78, 5) is 8.13. The predicted octanol–water partition coefficient (Wildman–Crippen LogP) is 16.4. The van der Waals surface area contributed by atoms with Gasteiger partial charge in [0.1, 0.15) is 16.2 Å². The van der Waals surface area contributed by atoms with Crippen molar-refractivity contribution in [2.75, 3.05) is 4.81 Å². The Morgan fingerprint density at radius 2 is 1.26 bits per heavy atom. The fraction of sp³-hybridized carbons (Fsp3) is 0.234. The van der Waals surface area contributed by atoms with E-state index in [1.807, 2.05) is 0 Å². The first kappa shape index (κ1) is 42.0. The zero-order valence-electron chi connectivity index (χ0n) is 42.0. The third-order valence-corrected chi connectivity index (χ3v) is 17.3. The molecular weight excluding hydrogens is 870 g/mol. The van der Waals surface area contributed by atoms with Crippen LogP contribution in [-0.2, 0) is 21.7 Å². The van der Waals surface area contributed by atoms with E-state index in [2.05, 4.69) is 225 Å². The third-order valence-electron chi connectivity index (χ3n) is 16.3. The molecule has 0 saturated carbocycles. The van der Waals surface area contributed by atoms with Crippen LogP contribution in [0, 0.1) is 0 Å². The number of hydrogen-bond donors (Lipinski definition) is 0. The molecule has 11 aromatic rings. The number of nitrogens with zero attached hydrogens (tertiary/aromatic N) is 3. The zero-order valence-corrected chi connectivity index (χ0v) is 42.8. The molecule has 5 heterocycles. The number of anilines is 2. The largest absolute Gasteiger partial charge is 0.455 e. The van der Waals surface area contributed by atoms with Crippen LogP contribution in [0.3, 0.4) is 0 Å². The Labute approximate surface area is 414 Å². The highest BCUT2D eigenvalue weighted by Crippen LogP contribution is 2.57. The maximum absolute atomic E-state index is 7.40. The highest BCUT2D eigenvalue weighted by molar-refractivity contribution is 7.21. The molecule has 0 N–H and O–H groups in total. The van der Waals surface area contributed by atoms with Crippen LogP contribution in [0.15, 0.2) is 144 Å². The monoisotopic (exact) mass is 925 g/mol. The lowest BCUT2D eigenvalue weighted by Gasteiger charge is -2.42. The van der Waals surface area contributed by atoms with Crippen molar-refractivity contribution in [3.63, 3.8) is 0 Å². The maximum atomic E-state index is 7.40. The van der Waals surface area contributed by atoms with Gasteiger partial charge in [-0.3, -0.25) is 0 Å². The fourth-order valence-electron chi connectivity index (χ4n) is 12.5. The highest BCUT2D eigenvalue weighted by atomic mass is 32.1. The molecule has 14 rings (SSSR count). The van der Waals surface area contributed by atoms with E-state index in [9.17, 15) is 0 Å². The molecule has 4 nitrogen and oxygen atoms in total. The SMILES string of the molecule is CC(C)(C)c1ccc(N2B3c4cc5nc(-c6ccccc6)sc5cc4-n4c5ccc(C(C)(C)C)cc5c5c6c(oc7ccccc76)c(c3c54)-c3cc4c(cc32)-c2cc(C(C)(C)C)ccc2C4(C)C)cc1. The molecule has 8 aromatic carbocycles. The molecule has 3 aliphatic rings. The molecule has 0 amide bonds. The van der Waals surface area contributed by atoms with Crippen LogP contribution in [0.25, 0.3) is 92.5 Å². The van der Waals surface area contributed by atoms with Gasteiger partial charge in [0.15, 0.2) is 0 Å². The molecule has 3 aromatic heterocycles. The van der Waals surface area contributed by atoms with Crippen molar-refractivity contribution in [3.8, 4) is 38.5 Å². The van der Waals surface area contributed by atoms with Gasteiger partial charge in [0.05, 0.1) is 21.3 Å². The number of fused-ring (bicyclic) bond motifs is 17. The summed E-state index contributed by atoms with van der Waals surface area (Å²) in [5.41, 5.74) is 24.1. The molecule has 0 spiro atoms. The second kappa shape index (κ2) is 13.7. The summed E-state index contributed by atoms with van der Waals surface area (Å²) in [6.07, 6.45) is 0. The first-order valence-electron chi connectivity index (χ1n) is 25.1. The summed E-state index contributed by atoms with van der Waals surface area (Å²) in [5, 5.41) is 5.90. The molecule has 0 unspecified atom stereocenters. The van der Waals surface area contributed by atoms with Crippen molar-refractivity contribution in [2.24, 2.45) is 0 Å². The maximum Gasteiger partial charge on any atom is 0.333 e. The summed E-state index contributed by atoms with van der Waals surface area (Å²) >= 11 is 1.79. The van der Waals surface area contributed by atoms with Gasteiger partial charge in [-0.2, -0.15) is 0 Å². The summed E-state index contributed by atoms with van der Waals surface area (Å²) in [7, 11) is 0. The summed E-state index contributed by atoms with van der Waals surface area (Å²) in [5.74, 6) is 0. The minimum Gasteiger partial charge on any atom is -0.455 e. The zero-order chi connectivity index (χ0) is 48.1. The first-order chi connectivity index (χ1) is 33.4. The summed E-state index contributed by atoms with van der Waals surface area (Å²) < 4.78 is 11.2. The Kier molecular flexibility index (Phi) is 8.23. The van der Waals surface area contributed by atoms with E-state index in [0.717, 1.165) is 38.3 Å². The average Bonchev–Trinajstić information content (AvgIpc) is 4.07. The number of benzene rings is 8. The number of furan rings is 1. The number of para-hydroxylation sites is 1. The van der Waals surface area contributed by atoms with E-state index in [0.29, 0.717) is 0 Å². The third kappa shape index (κ3) is 5.63. The van der Waals surface area contributed by atoms with Gasteiger partial charge in [0.2, 0.25) is 0 Å². The summed E-state index contributed by atoms with van der Waals surface area (Å²) in [6, 6.07) is 53.4. The number of rotatable bonds is 2. The molecule has 0 radical (unpaired) electrons. The molecule has 342 valence electrons. The Bertz CT molecular complexity index is 4090. The van der Waals surface area contributed by atoms with Gasteiger partial charge < -0.3 is 13.8 Å². The van der Waals surface area contributed by atoms with Crippen molar-refractivity contribution in [3.05, 3.63) is 167 Å². The van der Waals surface area contributed by atoms with E-state index in [1.54, 1.807) is 11.3 Å². The number of thiazole rings is 1.